The van der Waals surface area contributed by atoms with Crippen LogP contribution in [0.25, 0.3) is 11.0 Å². The SMILES string of the molecule is CCOC(=O)CCc1cccc2[nH]cnc12. The number of rotatable bonds is 4. The quantitative estimate of drug-likeness (QED) is 0.799. The van der Waals surface area contributed by atoms with Gasteiger partial charge in [-0.15, -0.1) is 0 Å². The van der Waals surface area contributed by atoms with E-state index in [1.807, 2.05) is 25.1 Å². The van der Waals surface area contributed by atoms with Gasteiger partial charge in [0.05, 0.1) is 24.0 Å². The van der Waals surface area contributed by atoms with Crippen molar-refractivity contribution in [3.8, 4) is 0 Å². The second kappa shape index (κ2) is 4.79. The molecule has 0 radical (unpaired) electrons. The first-order valence-electron chi connectivity index (χ1n) is 5.38. The lowest BCUT2D eigenvalue weighted by molar-refractivity contribution is -0.143. The van der Waals surface area contributed by atoms with E-state index in [0.717, 1.165) is 16.6 Å². The number of carbonyl (C=O) groups excluding carboxylic acids is 1. The molecule has 1 N–H and O–H groups in total. The lowest BCUT2D eigenvalue weighted by atomic mass is 10.1. The second-order valence-corrected chi connectivity index (χ2v) is 3.52. The molecule has 4 nitrogen and oxygen atoms in total. The van der Waals surface area contributed by atoms with Gasteiger partial charge in [-0.05, 0) is 25.0 Å². The van der Waals surface area contributed by atoms with E-state index in [2.05, 4.69) is 9.97 Å². The number of nitrogens with one attached hydrogen (secondary N) is 1. The summed E-state index contributed by atoms with van der Waals surface area (Å²) in [5, 5.41) is 0. The maximum atomic E-state index is 11.2. The van der Waals surface area contributed by atoms with Gasteiger partial charge in [0.15, 0.2) is 0 Å². The van der Waals surface area contributed by atoms with Crippen molar-refractivity contribution >= 4 is 17.0 Å². The molecule has 0 aliphatic carbocycles. The number of hydrogen-bond acceptors (Lipinski definition) is 3. The molecule has 0 spiro atoms. The molecule has 1 heterocycles. The van der Waals surface area contributed by atoms with E-state index in [1.54, 1.807) is 6.33 Å². The Balaban J connectivity index is 2.09. The third-order valence-corrected chi connectivity index (χ3v) is 2.44. The molecule has 0 fully saturated rings. The van der Waals surface area contributed by atoms with Crippen LogP contribution in [-0.4, -0.2) is 22.5 Å². The lowest BCUT2D eigenvalue weighted by Gasteiger charge is -2.02. The fourth-order valence-corrected chi connectivity index (χ4v) is 1.70. The highest BCUT2D eigenvalue weighted by atomic mass is 16.5. The Bertz CT molecular complexity index is 490. The summed E-state index contributed by atoms with van der Waals surface area (Å²) in [6, 6.07) is 5.92. The second-order valence-electron chi connectivity index (χ2n) is 3.52. The molecule has 0 aliphatic heterocycles. The molecule has 0 saturated carbocycles. The number of aromatic nitrogens is 2. The molecule has 2 aromatic rings. The molecule has 2 rings (SSSR count). The van der Waals surface area contributed by atoms with Crippen LogP contribution in [0, 0.1) is 0 Å². The third-order valence-electron chi connectivity index (χ3n) is 2.44. The number of para-hydroxylation sites is 1. The van der Waals surface area contributed by atoms with Crippen LogP contribution >= 0.6 is 0 Å². The van der Waals surface area contributed by atoms with Crippen molar-refractivity contribution < 1.29 is 9.53 Å². The fourth-order valence-electron chi connectivity index (χ4n) is 1.70. The number of esters is 1. The van der Waals surface area contributed by atoms with Gasteiger partial charge in [0.1, 0.15) is 0 Å². The summed E-state index contributed by atoms with van der Waals surface area (Å²) < 4.78 is 4.89. The first kappa shape index (κ1) is 10.7. The minimum atomic E-state index is -0.157. The van der Waals surface area contributed by atoms with E-state index < -0.39 is 0 Å². The number of benzene rings is 1. The number of aryl methyl sites for hydroxylation is 1. The van der Waals surface area contributed by atoms with Gasteiger partial charge in [-0.3, -0.25) is 4.79 Å². The molecular weight excluding hydrogens is 204 g/mol. The number of fused-ring (bicyclic) bond motifs is 1. The van der Waals surface area contributed by atoms with Gasteiger partial charge in [0, 0.05) is 6.42 Å². The van der Waals surface area contributed by atoms with Crippen molar-refractivity contribution in [2.45, 2.75) is 19.8 Å². The minimum Gasteiger partial charge on any atom is -0.466 e. The highest BCUT2D eigenvalue weighted by molar-refractivity contribution is 5.79. The topological polar surface area (TPSA) is 55.0 Å². The maximum Gasteiger partial charge on any atom is 0.306 e. The van der Waals surface area contributed by atoms with Crippen molar-refractivity contribution in [1.82, 2.24) is 9.97 Å². The number of H-pyrrole nitrogens is 1. The van der Waals surface area contributed by atoms with Gasteiger partial charge in [0.25, 0.3) is 0 Å². The van der Waals surface area contributed by atoms with Gasteiger partial charge in [0.2, 0.25) is 0 Å². The van der Waals surface area contributed by atoms with Crippen LogP contribution < -0.4 is 0 Å². The molecule has 0 bridgehead atoms. The van der Waals surface area contributed by atoms with Crippen molar-refractivity contribution in [3.05, 3.63) is 30.1 Å². The normalized spacial score (nSPS) is 10.6. The lowest BCUT2D eigenvalue weighted by Crippen LogP contribution is -2.05. The van der Waals surface area contributed by atoms with E-state index in [-0.39, 0.29) is 5.97 Å². The van der Waals surface area contributed by atoms with Crippen molar-refractivity contribution in [2.75, 3.05) is 6.61 Å². The zero-order valence-electron chi connectivity index (χ0n) is 9.19. The van der Waals surface area contributed by atoms with Crippen LogP contribution in [-0.2, 0) is 16.0 Å². The van der Waals surface area contributed by atoms with Crippen molar-refractivity contribution in [3.63, 3.8) is 0 Å². The van der Waals surface area contributed by atoms with E-state index in [0.29, 0.717) is 19.4 Å². The van der Waals surface area contributed by atoms with Crippen LogP contribution in [0.5, 0.6) is 0 Å². The maximum absolute atomic E-state index is 11.2. The molecule has 1 aromatic carbocycles. The van der Waals surface area contributed by atoms with E-state index >= 15 is 0 Å². The van der Waals surface area contributed by atoms with Gasteiger partial charge in [-0.25, -0.2) is 4.98 Å². The highest BCUT2D eigenvalue weighted by Crippen LogP contribution is 2.16. The van der Waals surface area contributed by atoms with Crippen LogP contribution in [0.15, 0.2) is 24.5 Å². The van der Waals surface area contributed by atoms with Crippen molar-refractivity contribution in [1.29, 1.82) is 0 Å². The van der Waals surface area contributed by atoms with Gasteiger partial charge >= 0.3 is 5.97 Å². The number of imidazole rings is 1. The Morgan fingerprint density at radius 1 is 1.50 bits per heavy atom. The molecule has 0 unspecified atom stereocenters. The smallest absolute Gasteiger partial charge is 0.306 e. The summed E-state index contributed by atoms with van der Waals surface area (Å²) in [7, 11) is 0. The molecular formula is C12H14N2O2. The summed E-state index contributed by atoms with van der Waals surface area (Å²) >= 11 is 0. The van der Waals surface area contributed by atoms with E-state index in [1.165, 1.54) is 0 Å². The van der Waals surface area contributed by atoms with Gasteiger partial charge in [-0.1, -0.05) is 12.1 Å². The average Bonchev–Trinajstić information content (AvgIpc) is 2.75. The Hall–Kier alpha value is -1.84. The summed E-state index contributed by atoms with van der Waals surface area (Å²) in [5.74, 6) is -0.157. The van der Waals surface area contributed by atoms with Gasteiger partial charge in [-0.2, -0.15) is 0 Å². The van der Waals surface area contributed by atoms with E-state index in [9.17, 15) is 4.79 Å². The van der Waals surface area contributed by atoms with Crippen LogP contribution in [0.1, 0.15) is 18.9 Å². The largest absolute Gasteiger partial charge is 0.466 e. The standard InChI is InChI=1S/C12H14N2O2/c1-2-16-11(15)7-6-9-4-3-5-10-12(9)14-8-13-10/h3-5,8H,2,6-7H2,1H3,(H,13,14). The zero-order chi connectivity index (χ0) is 11.4. The Labute approximate surface area is 93.6 Å². The molecule has 1 aromatic heterocycles. The molecule has 0 aliphatic rings. The first-order chi connectivity index (χ1) is 7.81. The number of hydrogen-bond donors (Lipinski definition) is 1. The number of carbonyl (C=O) groups is 1. The monoisotopic (exact) mass is 218 g/mol. The summed E-state index contributed by atoms with van der Waals surface area (Å²) in [6.45, 7) is 2.25. The predicted molar refractivity (Wildman–Crippen MR) is 61.0 cm³/mol. The Kier molecular flexibility index (Phi) is 3.19. The molecule has 0 atom stereocenters. The summed E-state index contributed by atoms with van der Waals surface area (Å²) in [4.78, 5) is 18.5. The fraction of sp³-hybridized carbons (Fsp3) is 0.333. The van der Waals surface area contributed by atoms with Crippen LogP contribution in [0.4, 0.5) is 0 Å². The van der Waals surface area contributed by atoms with Crippen LogP contribution in [0.3, 0.4) is 0 Å². The Morgan fingerprint density at radius 2 is 2.38 bits per heavy atom. The molecule has 84 valence electrons. The molecule has 0 amide bonds. The zero-order valence-corrected chi connectivity index (χ0v) is 9.19. The average molecular weight is 218 g/mol. The predicted octanol–water partition coefficient (Wildman–Crippen LogP) is 2.06. The summed E-state index contributed by atoms with van der Waals surface area (Å²) in [6.07, 6.45) is 2.74. The first-order valence-corrected chi connectivity index (χ1v) is 5.38. The minimum absolute atomic E-state index is 0.157. The number of ether oxygens (including phenoxy) is 1. The number of nitrogens with zero attached hydrogens (tertiary/aromatic N) is 1. The number of aromatic amines is 1. The van der Waals surface area contributed by atoms with Crippen LogP contribution in [0.2, 0.25) is 0 Å². The molecule has 0 saturated heterocycles. The third kappa shape index (κ3) is 2.21. The van der Waals surface area contributed by atoms with E-state index in [4.69, 9.17) is 4.74 Å². The summed E-state index contributed by atoms with van der Waals surface area (Å²) in [5.41, 5.74) is 3.01. The van der Waals surface area contributed by atoms with Gasteiger partial charge < -0.3 is 9.72 Å². The molecule has 4 heteroatoms. The highest BCUT2D eigenvalue weighted by Gasteiger charge is 2.06. The Morgan fingerprint density at radius 3 is 3.19 bits per heavy atom. The molecule has 16 heavy (non-hydrogen) atoms. The van der Waals surface area contributed by atoms with Crippen molar-refractivity contribution in [2.24, 2.45) is 0 Å².